The molecule has 0 aliphatic rings. The molecule has 0 radical (unpaired) electrons. The van der Waals surface area contributed by atoms with E-state index in [1.807, 2.05) is 49.7 Å². The van der Waals surface area contributed by atoms with Crippen LogP contribution in [-0.4, -0.2) is 42.6 Å². The number of ether oxygens (including phenoxy) is 3. The van der Waals surface area contributed by atoms with Gasteiger partial charge in [-0.15, -0.1) is 11.3 Å². The normalized spacial score (nSPS) is 10.7. The molecule has 0 spiro atoms. The predicted molar refractivity (Wildman–Crippen MR) is 126 cm³/mol. The molecule has 3 rings (SSSR count). The summed E-state index contributed by atoms with van der Waals surface area (Å²) in [5, 5.41) is 12.4. The molecule has 0 amide bonds. The van der Waals surface area contributed by atoms with Crippen molar-refractivity contribution in [1.82, 2.24) is 4.98 Å². The maximum Gasteiger partial charge on any atom is 0.339 e. The van der Waals surface area contributed by atoms with Gasteiger partial charge in [-0.25, -0.2) is 9.78 Å². The minimum Gasteiger partial charge on any atom is -0.496 e. The largest absolute Gasteiger partial charge is 0.496 e. The van der Waals surface area contributed by atoms with E-state index in [1.165, 1.54) is 18.4 Å². The Hall–Kier alpha value is -2.71. The third kappa shape index (κ3) is 5.14. The van der Waals surface area contributed by atoms with Crippen LogP contribution in [0.25, 0.3) is 21.8 Å². The predicted octanol–water partition coefficient (Wildman–Crippen LogP) is 5.84. The quantitative estimate of drug-likeness (QED) is 0.408. The number of carbonyl (C=O) groups is 1. The van der Waals surface area contributed by atoms with Gasteiger partial charge in [0, 0.05) is 27.8 Å². The zero-order chi connectivity index (χ0) is 22.4. The molecular formula is C23H25NO5S2. The molecule has 1 aromatic heterocycles. The van der Waals surface area contributed by atoms with Crippen LogP contribution in [0.1, 0.15) is 29.8 Å². The number of aromatic nitrogens is 1. The van der Waals surface area contributed by atoms with Crippen LogP contribution in [0.15, 0.2) is 35.7 Å². The van der Waals surface area contributed by atoms with Gasteiger partial charge >= 0.3 is 5.97 Å². The van der Waals surface area contributed by atoms with Crippen LogP contribution in [0.3, 0.4) is 0 Å². The van der Waals surface area contributed by atoms with Gasteiger partial charge < -0.3 is 19.3 Å². The van der Waals surface area contributed by atoms with Crippen molar-refractivity contribution in [1.29, 1.82) is 0 Å². The van der Waals surface area contributed by atoms with Crippen molar-refractivity contribution in [2.24, 2.45) is 0 Å². The lowest BCUT2D eigenvalue weighted by molar-refractivity contribution is 0.0693. The van der Waals surface area contributed by atoms with Crippen LogP contribution < -0.4 is 14.2 Å². The molecule has 0 aliphatic heterocycles. The highest BCUT2D eigenvalue weighted by Gasteiger charge is 2.19. The van der Waals surface area contributed by atoms with Crippen molar-refractivity contribution in [3.63, 3.8) is 0 Å². The van der Waals surface area contributed by atoms with Gasteiger partial charge in [0.25, 0.3) is 0 Å². The van der Waals surface area contributed by atoms with Gasteiger partial charge in [0.1, 0.15) is 16.3 Å². The standard InChI is InChI=1S/C23H25NO5S2/c1-5-28-19-8-7-14(11-20(19)29-6-2)22-24-18(13-31-22)15-9-16(12-30-4)21(27-3)17(10-15)23(25)26/h7-11,13H,5-6,12H2,1-4H3,(H,25,26). The molecule has 0 fully saturated rings. The molecule has 8 heteroatoms. The first-order valence-electron chi connectivity index (χ1n) is 9.81. The van der Waals surface area contributed by atoms with Crippen molar-refractivity contribution >= 4 is 29.1 Å². The Labute approximate surface area is 190 Å². The van der Waals surface area contributed by atoms with E-state index >= 15 is 0 Å². The molecule has 0 saturated heterocycles. The Balaban J connectivity index is 2.02. The maximum atomic E-state index is 11.8. The summed E-state index contributed by atoms with van der Waals surface area (Å²) in [6, 6.07) is 9.33. The molecule has 1 heterocycles. The molecule has 164 valence electrons. The van der Waals surface area contributed by atoms with E-state index in [0.29, 0.717) is 36.2 Å². The number of carboxylic acids is 1. The molecule has 2 aromatic carbocycles. The summed E-state index contributed by atoms with van der Waals surface area (Å²) in [7, 11) is 1.49. The van der Waals surface area contributed by atoms with Crippen LogP contribution in [0, 0.1) is 0 Å². The van der Waals surface area contributed by atoms with E-state index in [2.05, 4.69) is 0 Å². The number of aromatic carboxylic acids is 1. The first-order valence-corrected chi connectivity index (χ1v) is 12.1. The van der Waals surface area contributed by atoms with E-state index in [-0.39, 0.29) is 5.56 Å². The van der Waals surface area contributed by atoms with E-state index in [1.54, 1.807) is 17.8 Å². The first kappa shape index (κ1) is 23.0. The zero-order valence-corrected chi connectivity index (χ0v) is 19.6. The summed E-state index contributed by atoms with van der Waals surface area (Å²) in [6.07, 6.45) is 1.97. The molecule has 0 atom stereocenters. The summed E-state index contributed by atoms with van der Waals surface area (Å²) in [6.45, 7) is 4.96. The number of methoxy groups -OCH3 is 1. The van der Waals surface area contributed by atoms with Gasteiger partial charge in [0.2, 0.25) is 0 Å². The highest BCUT2D eigenvalue weighted by molar-refractivity contribution is 7.97. The van der Waals surface area contributed by atoms with Gasteiger partial charge in [-0.3, -0.25) is 0 Å². The van der Waals surface area contributed by atoms with E-state index in [0.717, 1.165) is 27.4 Å². The fourth-order valence-electron chi connectivity index (χ4n) is 3.22. The topological polar surface area (TPSA) is 77.9 Å². The molecule has 0 saturated carbocycles. The lowest BCUT2D eigenvalue weighted by atomic mass is 10.0. The number of hydrogen-bond acceptors (Lipinski definition) is 7. The Bertz CT molecular complexity index is 1060. The molecule has 0 bridgehead atoms. The molecule has 3 aromatic rings. The molecule has 0 aliphatic carbocycles. The molecule has 31 heavy (non-hydrogen) atoms. The second kappa shape index (κ2) is 10.5. The van der Waals surface area contributed by atoms with Gasteiger partial charge in [0.05, 0.1) is 26.0 Å². The average molecular weight is 460 g/mol. The highest BCUT2D eigenvalue weighted by atomic mass is 32.2. The van der Waals surface area contributed by atoms with Gasteiger partial charge in [-0.1, -0.05) is 0 Å². The van der Waals surface area contributed by atoms with Crippen LogP contribution >= 0.6 is 23.1 Å². The van der Waals surface area contributed by atoms with Crippen LogP contribution in [-0.2, 0) is 5.75 Å². The number of rotatable bonds is 10. The Morgan fingerprint density at radius 3 is 2.48 bits per heavy atom. The Morgan fingerprint density at radius 1 is 1.10 bits per heavy atom. The van der Waals surface area contributed by atoms with Crippen LogP contribution in [0.4, 0.5) is 0 Å². The van der Waals surface area contributed by atoms with E-state index in [9.17, 15) is 9.90 Å². The Morgan fingerprint density at radius 2 is 1.84 bits per heavy atom. The summed E-state index contributed by atoms with van der Waals surface area (Å²) < 4.78 is 16.7. The SMILES string of the molecule is CCOc1ccc(-c2nc(-c3cc(CSC)c(OC)c(C(=O)O)c3)cs2)cc1OCC. The zero-order valence-electron chi connectivity index (χ0n) is 17.9. The van der Waals surface area contributed by atoms with Crippen LogP contribution in [0.2, 0.25) is 0 Å². The lowest BCUT2D eigenvalue weighted by Crippen LogP contribution is -2.04. The second-order valence-corrected chi connectivity index (χ2v) is 8.24. The molecule has 1 N–H and O–H groups in total. The summed E-state index contributed by atoms with van der Waals surface area (Å²) in [5.41, 5.74) is 3.36. The number of thioether (sulfide) groups is 1. The first-order chi connectivity index (χ1) is 15.0. The monoisotopic (exact) mass is 459 g/mol. The summed E-state index contributed by atoms with van der Waals surface area (Å²) in [4.78, 5) is 16.6. The summed E-state index contributed by atoms with van der Waals surface area (Å²) in [5.74, 6) is 1.40. The minimum absolute atomic E-state index is 0.137. The molecular weight excluding hydrogens is 434 g/mol. The van der Waals surface area contributed by atoms with Gasteiger partial charge in [-0.2, -0.15) is 11.8 Å². The minimum atomic E-state index is -1.02. The smallest absolute Gasteiger partial charge is 0.339 e. The maximum absolute atomic E-state index is 11.8. The fourth-order valence-corrected chi connectivity index (χ4v) is 4.57. The van der Waals surface area contributed by atoms with Crippen molar-refractivity contribution in [3.8, 4) is 39.1 Å². The van der Waals surface area contributed by atoms with Crippen molar-refractivity contribution < 1.29 is 24.1 Å². The van der Waals surface area contributed by atoms with Crippen LogP contribution in [0.5, 0.6) is 17.2 Å². The highest BCUT2D eigenvalue weighted by Crippen LogP contribution is 2.37. The van der Waals surface area contributed by atoms with E-state index in [4.69, 9.17) is 19.2 Å². The fraction of sp³-hybridized carbons (Fsp3) is 0.304. The van der Waals surface area contributed by atoms with Gasteiger partial charge in [-0.05, 0) is 50.4 Å². The third-order valence-electron chi connectivity index (χ3n) is 4.49. The van der Waals surface area contributed by atoms with Crippen molar-refractivity contribution in [3.05, 3.63) is 46.8 Å². The average Bonchev–Trinajstić information content (AvgIpc) is 3.25. The lowest BCUT2D eigenvalue weighted by Gasteiger charge is -2.13. The molecule has 6 nitrogen and oxygen atoms in total. The second-order valence-electron chi connectivity index (χ2n) is 6.52. The number of carboxylic acid groups (broad SMARTS) is 1. The van der Waals surface area contributed by atoms with Crippen molar-refractivity contribution in [2.45, 2.75) is 19.6 Å². The Kier molecular flexibility index (Phi) is 7.81. The molecule has 0 unspecified atom stereocenters. The number of thiazole rings is 1. The third-order valence-corrected chi connectivity index (χ3v) is 5.98. The van der Waals surface area contributed by atoms with Crippen molar-refractivity contribution in [2.75, 3.05) is 26.6 Å². The van der Waals surface area contributed by atoms with Gasteiger partial charge in [0.15, 0.2) is 11.5 Å². The summed E-state index contributed by atoms with van der Waals surface area (Å²) >= 11 is 3.10. The number of nitrogens with zero attached hydrogens (tertiary/aromatic N) is 1. The number of hydrogen-bond donors (Lipinski definition) is 1. The van der Waals surface area contributed by atoms with E-state index < -0.39 is 5.97 Å². The number of benzene rings is 2.